The number of hydrogen-bond donors (Lipinski definition) is 1. The second-order valence-electron chi connectivity index (χ2n) is 7.25. The van der Waals surface area contributed by atoms with E-state index in [9.17, 15) is 0 Å². The van der Waals surface area contributed by atoms with E-state index in [4.69, 9.17) is 4.98 Å². The molecule has 0 saturated carbocycles. The summed E-state index contributed by atoms with van der Waals surface area (Å²) in [5, 5.41) is 7.87. The SMILES string of the molecule is C=CCn1c(CN2CCc3[nH]nc([C@H](C)CC)c3C2)nc2ccccc21. The lowest BCUT2D eigenvalue weighted by atomic mass is 9.96. The normalized spacial score (nSPS) is 15.9. The average molecular weight is 349 g/mol. The molecule has 26 heavy (non-hydrogen) atoms. The Morgan fingerprint density at radius 3 is 3.00 bits per heavy atom. The number of H-pyrrole nitrogens is 1. The molecule has 0 amide bonds. The van der Waals surface area contributed by atoms with E-state index in [0.29, 0.717) is 5.92 Å². The molecule has 1 aromatic carbocycles. The number of rotatable bonds is 6. The summed E-state index contributed by atoms with van der Waals surface area (Å²) in [4.78, 5) is 7.38. The highest BCUT2D eigenvalue weighted by Gasteiger charge is 2.25. The molecule has 0 spiro atoms. The molecule has 0 saturated heterocycles. The fourth-order valence-electron chi connectivity index (χ4n) is 3.89. The van der Waals surface area contributed by atoms with Gasteiger partial charge in [-0.3, -0.25) is 10.00 Å². The van der Waals surface area contributed by atoms with Gasteiger partial charge in [0.05, 0.1) is 23.3 Å². The molecule has 4 rings (SSSR count). The minimum Gasteiger partial charge on any atom is -0.323 e. The average Bonchev–Trinajstić information content (AvgIpc) is 3.23. The summed E-state index contributed by atoms with van der Waals surface area (Å²) < 4.78 is 2.28. The minimum atomic E-state index is 0.500. The van der Waals surface area contributed by atoms with Gasteiger partial charge in [0.25, 0.3) is 0 Å². The van der Waals surface area contributed by atoms with Crippen molar-refractivity contribution in [1.82, 2.24) is 24.6 Å². The van der Waals surface area contributed by atoms with E-state index in [0.717, 1.165) is 50.4 Å². The fourth-order valence-corrected chi connectivity index (χ4v) is 3.89. The lowest BCUT2D eigenvalue weighted by Crippen LogP contribution is -2.31. The maximum absolute atomic E-state index is 4.89. The van der Waals surface area contributed by atoms with Gasteiger partial charge < -0.3 is 4.57 Å². The number of aromatic amines is 1. The van der Waals surface area contributed by atoms with E-state index in [-0.39, 0.29) is 0 Å². The highest BCUT2D eigenvalue weighted by atomic mass is 15.2. The Kier molecular flexibility index (Phi) is 4.64. The predicted molar refractivity (Wildman–Crippen MR) is 105 cm³/mol. The first-order valence-electron chi connectivity index (χ1n) is 9.54. The Balaban J connectivity index is 1.61. The van der Waals surface area contributed by atoms with E-state index in [1.165, 1.54) is 22.5 Å². The van der Waals surface area contributed by atoms with E-state index >= 15 is 0 Å². The van der Waals surface area contributed by atoms with Crippen LogP contribution in [0.15, 0.2) is 36.9 Å². The summed E-state index contributed by atoms with van der Waals surface area (Å²) in [5.41, 5.74) is 6.20. The molecule has 5 nitrogen and oxygen atoms in total. The smallest absolute Gasteiger partial charge is 0.124 e. The molecule has 0 bridgehead atoms. The molecule has 1 aliphatic rings. The third kappa shape index (κ3) is 2.97. The number of benzene rings is 1. The molecule has 136 valence electrons. The van der Waals surface area contributed by atoms with Crippen molar-refractivity contribution in [2.24, 2.45) is 0 Å². The number of nitrogens with zero attached hydrogens (tertiary/aromatic N) is 4. The molecule has 0 fully saturated rings. The van der Waals surface area contributed by atoms with Crippen LogP contribution in [0, 0.1) is 0 Å². The van der Waals surface area contributed by atoms with Crippen molar-refractivity contribution in [3.05, 3.63) is 59.7 Å². The Bertz CT molecular complexity index is 920. The van der Waals surface area contributed by atoms with Gasteiger partial charge in [-0.15, -0.1) is 6.58 Å². The molecule has 5 heteroatoms. The van der Waals surface area contributed by atoms with Crippen molar-refractivity contribution in [2.45, 2.75) is 52.2 Å². The van der Waals surface area contributed by atoms with Crippen molar-refractivity contribution >= 4 is 11.0 Å². The van der Waals surface area contributed by atoms with Crippen LogP contribution in [0.25, 0.3) is 11.0 Å². The van der Waals surface area contributed by atoms with Crippen LogP contribution in [-0.2, 0) is 26.1 Å². The number of para-hydroxylation sites is 2. The van der Waals surface area contributed by atoms with Crippen LogP contribution in [-0.4, -0.2) is 31.2 Å². The largest absolute Gasteiger partial charge is 0.323 e. The fraction of sp³-hybridized carbons (Fsp3) is 0.429. The molecule has 0 aliphatic carbocycles. The molecular weight excluding hydrogens is 322 g/mol. The van der Waals surface area contributed by atoms with E-state index < -0.39 is 0 Å². The van der Waals surface area contributed by atoms with Gasteiger partial charge in [-0.2, -0.15) is 5.10 Å². The number of allylic oxidation sites excluding steroid dienone is 1. The van der Waals surface area contributed by atoms with Crippen LogP contribution in [0.2, 0.25) is 0 Å². The first kappa shape index (κ1) is 17.0. The third-order valence-electron chi connectivity index (χ3n) is 5.53. The Morgan fingerprint density at radius 2 is 2.19 bits per heavy atom. The Morgan fingerprint density at radius 1 is 1.35 bits per heavy atom. The molecular formula is C21H27N5. The van der Waals surface area contributed by atoms with Crippen molar-refractivity contribution in [3.63, 3.8) is 0 Å². The van der Waals surface area contributed by atoms with Gasteiger partial charge in [0.1, 0.15) is 5.82 Å². The second kappa shape index (κ2) is 7.08. The van der Waals surface area contributed by atoms with Crippen LogP contribution < -0.4 is 0 Å². The van der Waals surface area contributed by atoms with Crippen molar-refractivity contribution in [2.75, 3.05) is 6.54 Å². The summed E-state index contributed by atoms with van der Waals surface area (Å²) in [6.07, 6.45) is 4.09. The monoisotopic (exact) mass is 349 g/mol. The zero-order valence-electron chi connectivity index (χ0n) is 15.7. The quantitative estimate of drug-likeness (QED) is 0.684. The first-order valence-corrected chi connectivity index (χ1v) is 9.54. The van der Waals surface area contributed by atoms with Crippen molar-refractivity contribution in [1.29, 1.82) is 0 Å². The first-order chi connectivity index (χ1) is 12.7. The summed E-state index contributed by atoms with van der Waals surface area (Å²) in [6, 6.07) is 8.35. The number of nitrogens with one attached hydrogen (secondary N) is 1. The van der Waals surface area contributed by atoms with E-state index in [1.807, 2.05) is 6.08 Å². The van der Waals surface area contributed by atoms with Gasteiger partial charge in [0.2, 0.25) is 0 Å². The number of aromatic nitrogens is 4. The topological polar surface area (TPSA) is 49.7 Å². The van der Waals surface area contributed by atoms with E-state index in [2.05, 4.69) is 64.4 Å². The molecule has 1 N–H and O–H groups in total. The molecule has 1 aliphatic heterocycles. The second-order valence-corrected chi connectivity index (χ2v) is 7.25. The number of imidazole rings is 1. The maximum Gasteiger partial charge on any atom is 0.124 e. The summed E-state index contributed by atoms with van der Waals surface area (Å²) in [5.74, 6) is 1.61. The number of fused-ring (bicyclic) bond motifs is 2. The van der Waals surface area contributed by atoms with Crippen molar-refractivity contribution < 1.29 is 0 Å². The zero-order chi connectivity index (χ0) is 18.1. The number of hydrogen-bond acceptors (Lipinski definition) is 3. The van der Waals surface area contributed by atoms with Gasteiger partial charge >= 0.3 is 0 Å². The van der Waals surface area contributed by atoms with Gasteiger partial charge in [-0.25, -0.2) is 4.98 Å². The summed E-state index contributed by atoms with van der Waals surface area (Å²) in [6.45, 7) is 12.0. The molecule has 3 heterocycles. The molecule has 3 aromatic rings. The summed E-state index contributed by atoms with van der Waals surface area (Å²) >= 11 is 0. The van der Waals surface area contributed by atoms with Crippen LogP contribution in [0.1, 0.15) is 49.0 Å². The Labute approximate surface area is 154 Å². The molecule has 1 atom stereocenters. The van der Waals surface area contributed by atoms with Crippen molar-refractivity contribution in [3.8, 4) is 0 Å². The maximum atomic E-state index is 4.89. The highest BCUT2D eigenvalue weighted by Crippen LogP contribution is 2.28. The van der Waals surface area contributed by atoms with Crippen LogP contribution in [0.3, 0.4) is 0 Å². The van der Waals surface area contributed by atoms with E-state index in [1.54, 1.807) is 0 Å². The van der Waals surface area contributed by atoms with Gasteiger partial charge in [-0.1, -0.05) is 32.1 Å². The van der Waals surface area contributed by atoms with Crippen LogP contribution in [0.4, 0.5) is 0 Å². The summed E-state index contributed by atoms with van der Waals surface area (Å²) in [7, 11) is 0. The third-order valence-corrected chi connectivity index (χ3v) is 5.53. The lowest BCUT2D eigenvalue weighted by Gasteiger charge is -2.27. The molecule has 0 unspecified atom stereocenters. The van der Waals surface area contributed by atoms with Crippen LogP contribution >= 0.6 is 0 Å². The zero-order valence-corrected chi connectivity index (χ0v) is 15.7. The van der Waals surface area contributed by atoms with Crippen LogP contribution in [0.5, 0.6) is 0 Å². The van der Waals surface area contributed by atoms with Gasteiger partial charge in [0, 0.05) is 43.2 Å². The lowest BCUT2D eigenvalue weighted by molar-refractivity contribution is 0.235. The van der Waals surface area contributed by atoms with Gasteiger partial charge in [-0.05, 0) is 18.6 Å². The standard InChI is InChI=1S/C21H27N5/c1-4-11-26-19-9-7-6-8-18(19)22-20(26)14-25-12-10-17-16(13-25)21(24-23-17)15(3)5-2/h4,6-9,15H,1,5,10-14H2,2-3H3,(H,23,24)/t15-/m1/s1. The van der Waals surface area contributed by atoms with Gasteiger partial charge in [0.15, 0.2) is 0 Å². The predicted octanol–water partition coefficient (Wildman–Crippen LogP) is 4.02. The minimum absolute atomic E-state index is 0.500. The Hall–Kier alpha value is -2.40. The molecule has 2 aromatic heterocycles. The molecule has 0 radical (unpaired) electrons. The highest BCUT2D eigenvalue weighted by molar-refractivity contribution is 5.75.